The zero-order valence-electron chi connectivity index (χ0n) is 7.60. The molecule has 0 bridgehead atoms. The monoisotopic (exact) mass is 271 g/mol. The van der Waals surface area contributed by atoms with Crippen molar-refractivity contribution in [1.82, 2.24) is 6.15 Å². The Morgan fingerprint density at radius 1 is 0.769 bits per heavy atom. The first-order chi connectivity index (χ1) is 4.00. The van der Waals surface area contributed by atoms with Crippen LogP contribution in [0.15, 0.2) is 0 Å². The molecule has 0 heterocycles. The van der Waals surface area contributed by atoms with Gasteiger partial charge in [-0.3, -0.25) is 0 Å². The Morgan fingerprint density at radius 2 is 0.769 bits per heavy atom. The molecule has 0 saturated carbocycles. The average molecular weight is 271 g/mol. The molecule has 10 nitrogen and oxygen atoms in total. The van der Waals surface area contributed by atoms with Crippen LogP contribution in [-0.2, 0) is 9.13 Å². The summed E-state index contributed by atoms with van der Waals surface area (Å²) in [4.78, 5) is 43.1. The third kappa shape index (κ3) is 605. The molecule has 13 heteroatoms. The summed E-state index contributed by atoms with van der Waals surface area (Å²) in [6, 6.07) is 0. The van der Waals surface area contributed by atoms with Crippen LogP contribution < -0.4 is 57.5 Å². The molecule has 0 radical (unpaired) electrons. The van der Waals surface area contributed by atoms with Crippen molar-refractivity contribution in [3.63, 3.8) is 0 Å². The molecule has 0 amide bonds. The van der Waals surface area contributed by atoms with E-state index in [0.29, 0.717) is 0 Å². The van der Waals surface area contributed by atoms with E-state index in [2.05, 4.69) is 0 Å². The molecule has 0 aliphatic rings. The molecule has 0 spiro atoms. The van der Waals surface area contributed by atoms with Crippen LogP contribution in [0.5, 0.6) is 0 Å². The van der Waals surface area contributed by atoms with Crippen LogP contribution in [0.1, 0.15) is 1.43 Å². The summed E-state index contributed by atoms with van der Waals surface area (Å²) in [7, 11) is -9.28. The molecular formula is H12KNO9P2. The van der Waals surface area contributed by atoms with E-state index >= 15 is 0 Å². The zero-order chi connectivity index (χ0) is 9.00. The fourth-order valence-electron chi connectivity index (χ4n) is 0. The van der Waals surface area contributed by atoms with Crippen molar-refractivity contribution in [3.8, 4) is 0 Å². The van der Waals surface area contributed by atoms with Gasteiger partial charge in [-0.25, -0.2) is 9.13 Å². The average Bonchev–Trinajstić information content (AvgIpc) is 1.12. The summed E-state index contributed by atoms with van der Waals surface area (Å²) in [5.74, 6) is 0. The van der Waals surface area contributed by atoms with Gasteiger partial charge in [0.2, 0.25) is 0 Å². The van der Waals surface area contributed by atoms with E-state index in [1.807, 2.05) is 0 Å². The number of hydrogen-bond donors (Lipinski definition) is 7. The van der Waals surface area contributed by atoms with Gasteiger partial charge in [0.15, 0.2) is 0 Å². The van der Waals surface area contributed by atoms with Crippen LogP contribution in [0.25, 0.3) is 0 Å². The summed E-state index contributed by atoms with van der Waals surface area (Å²) in [6.07, 6.45) is 0. The minimum Gasteiger partial charge on any atom is -1.00 e. The minimum atomic E-state index is -4.64. The summed E-state index contributed by atoms with van der Waals surface area (Å²) < 4.78 is 17.8. The van der Waals surface area contributed by atoms with Crippen molar-refractivity contribution >= 4 is 15.6 Å². The maximum atomic E-state index is 8.88. The van der Waals surface area contributed by atoms with Crippen molar-refractivity contribution in [2.24, 2.45) is 0 Å². The molecule has 82 valence electrons. The van der Waals surface area contributed by atoms with E-state index in [1.165, 1.54) is 0 Å². The Kier molecular flexibility index (Phi) is 26.7. The summed E-state index contributed by atoms with van der Waals surface area (Å²) in [5.41, 5.74) is 0. The topological polar surface area (TPSA) is 222 Å². The molecule has 13 heavy (non-hydrogen) atoms. The minimum absolute atomic E-state index is 0. The first-order valence-electron chi connectivity index (χ1n) is 1.57. The molecule has 0 saturated heterocycles. The largest absolute Gasteiger partial charge is 1.00 e. The molecule has 0 fully saturated rings. The van der Waals surface area contributed by atoms with Gasteiger partial charge in [-0.05, 0) is 0 Å². The third-order valence-corrected chi connectivity index (χ3v) is 0. The number of phosphoric acid groups is 2. The molecule has 0 aliphatic carbocycles. The number of hydrogen-bond acceptors (Lipinski definition) is 3. The van der Waals surface area contributed by atoms with Crippen molar-refractivity contribution in [1.29, 1.82) is 0 Å². The molecule has 0 rings (SSSR count). The molecule has 0 aromatic carbocycles. The Bertz CT molecular complexity index is 135. The Balaban J connectivity index is -0.0000000178. The van der Waals surface area contributed by atoms with Gasteiger partial charge in [0.05, 0.1) is 0 Å². The Morgan fingerprint density at radius 3 is 0.769 bits per heavy atom. The molecule has 0 aromatic rings. The van der Waals surface area contributed by atoms with E-state index in [9.17, 15) is 0 Å². The fraction of sp³-hybridized carbons (Fsp3) is 0. The Labute approximate surface area is 117 Å². The first kappa shape index (κ1) is 29.3. The van der Waals surface area contributed by atoms with Crippen molar-refractivity contribution in [3.05, 3.63) is 0 Å². The van der Waals surface area contributed by atoms with Gasteiger partial charge in [-0.15, -0.1) is 0 Å². The molecule has 0 unspecified atom stereocenters. The maximum absolute atomic E-state index is 8.88. The van der Waals surface area contributed by atoms with Gasteiger partial charge in [-0.2, -0.15) is 0 Å². The van der Waals surface area contributed by atoms with Crippen LogP contribution in [0.2, 0.25) is 0 Å². The maximum Gasteiger partial charge on any atom is 1.00 e. The van der Waals surface area contributed by atoms with Crippen molar-refractivity contribution in [2.45, 2.75) is 0 Å². The van der Waals surface area contributed by atoms with E-state index < -0.39 is 15.6 Å². The van der Waals surface area contributed by atoms with Crippen LogP contribution >= 0.6 is 15.6 Å². The predicted octanol–water partition coefficient (Wildman–Crippen LogP) is -5.40. The van der Waals surface area contributed by atoms with E-state index in [4.69, 9.17) is 38.5 Å². The predicted molar refractivity (Wildman–Crippen MR) is 38.3 cm³/mol. The first-order valence-corrected chi connectivity index (χ1v) is 4.70. The SMILES string of the molecule is N.O.O=P(O)(O)O.O=P(O)(O)O.[H-].[K+]. The van der Waals surface area contributed by atoms with Gasteiger partial charge >= 0.3 is 67.0 Å². The number of rotatable bonds is 0. The molecule has 0 aromatic heterocycles. The Hall–Kier alpha value is 1.78. The molecular weight excluding hydrogens is 259 g/mol. The molecule has 11 N–H and O–H groups in total. The van der Waals surface area contributed by atoms with E-state index in [1.54, 1.807) is 0 Å². The van der Waals surface area contributed by atoms with Gasteiger partial charge in [-0.1, -0.05) is 0 Å². The van der Waals surface area contributed by atoms with Gasteiger partial charge in [0.25, 0.3) is 0 Å². The van der Waals surface area contributed by atoms with Crippen LogP contribution in [0.3, 0.4) is 0 Å². The second-order valence-corrected chi connectivity index (χ2v) is 3.08. The summed E-state index contributed by atoms with van der Waals surface area (Å²) in [5, 5.41) is 0. The van der Waals surface area contributed by atoms with Crippen LogP contribution in [0, 0.1) is 0 Å². The second kappa shape index (κ2) is 11.8. The smallest absolute Gasteiger partial charge is 1.00 e. The fourth-order valence-corrected chi connectivity index (χ4v) is 0. The quantitative estimate of drug-likeness (QED) is 0.164. The molecule has 0 aliphatic heterocycles. The van der Waals surface area contributed by atoms with Gasteiger partial charge < -0.3 is 42.4 Å². The third-order valence-electron chi connectivity index (χ3n) is 0. The van der Waals surface area contributed by atoms with Crippen molar-refractivity contribution in [2.75, 3.05) is 0 Å². The van der Waals surface area contributed by atoms with E-state index in [0.717, 1.165) is 0 Å². The standard InChI is InChI=1S/K.H3N.2H3O4P.H2O.H/c;;2*1-5(2,3)4;;/h;1H3;2*(H3,1,2,3,4);1H2;/q+1;;;;;-1. The normalized spacial score (nSPS) is 9.08. The summed E-state index contributed by atoms with van der Waals surface area (Å²) in [6.45, 7) is 0. The van der Waals surface area contributed by atoms with Crippen molar-refractivity contribution < 1.29 is 96.8 Å². The van der Waals surface area contributed by atoms with Gasteiger partial charge in [0, 0.05) is 0 Å². The molecule has 0 atom stereocenters. The summed E-state index contributed by atoms with van der Waals surface area (Å²) >= 11 is 0. The zero-order valence-corrected chi connectivity index (χ0v) is 11.5. The van der Waals surface area contributed by atoms with E-state index in [-0.39, 0.29) is 64.4 Å². The van der Waals surface area contributed by atoms with Crippen LogP contribution in [-0.4, -0.2) is 34.8 Å². The van der Waals surface area contributed by atoms with Gasteiger partial charge in [0.1, 0.15) is 0 Å². The second-order valence-electron chi connectivity index (χ2n) is 1.03. The van der Waals surface area contributed by atoms with Crippen LogP contribution in [0.4, 0.5) is 0 Å².